The fraction of sp³-hybridized carbons (Fsp3) is 0.500. The molecule has 0 saturated heterocycles. The number of amides is 2. The van der Waals surface area contributed by atoms with Crippen LogP contribution in [0.2, 0.25) is 0 Å². The predicted molar refractivity (Wildman–Crippen MR) is 165 cm³/mol. The molecule has 0 aliphatic heterocycles. The SMILES string of the molecule is Cc1cc(C)c(CNC(=O)c2cc(-c3cnn(C)c3)cc(N(C)C3CCC(N(C(=O)O)C(C)(C)C)CC3)c2C)c(=O)[nH]1. The highest BCUT2D eigenvalue weighted by Crippen LogP contribution is 2.36. The third-order valence-electron chi connectivity index (χ3n) is 8.47. The number of hydrogen-bond donors (Lipinski definition) is 3. The van der Waals surface area contributed by atoms with E-state index in [-0.39, 0.29) is 30.1 Å². The highest BCUT2D eigenvalue weighted by Gasteiger charge is 2.36. The van der Waals surface area contributed by atoms with Gasteiger partial charge in [0.15, 0.2) is 0 Å². The van der Waals surface area contributed by atoms with Crippen LogP contribution in [0.5, 0.6) is 0 Å². The van der Waals surface area contributed by atoms with Gasteiger partial charge in [0.25, 0.3) is 11.5 Å². The first-order valence-electron chi connectivity index (χ1n) is 14.5. The van der Waals surface area contributed by atoms with Crippen LogP contribution in [0.1, 0.15) is 79.2 Å². The fourth-order valence-electron chi connectivity index (χ4n) is 6.29. The van der Waals surface area contributed by atoms with E-state index in [2.05, 4.69) is 33.4 Å². The lowest BCUT2D eigenvalue weighted by Gasteiger charge is -2.44. The Labute approximate surface area is 247 Å². The number of aryl methyl sites for hydroxylation is 3. The van der Waals surface area contributed by atoms with Crippen molar-refractivity contribution in [3.63, 3.8) is 0 Å². The van der Waals surface area contributed by atoms with Crippen LogP contribution in [-0.2, 0) is 13.6 Å². The van der Waals surface area contributed by atoms with Gasteiger partial charge in [0.2, 0.25) is 0 Å². The molecular formula is C32H44N6O4. The molecule has 0 unspecified atom stereocenters. The number of aromatic amines is 1. The van der Waals surface area contributed by atoms with Gasteiger partial charge in [-0.2, -0.15) is 5.10 Å². The number of nitrogens with one attached hydrogen (secondary N) is 2. The van der Waals surface area contributed by atoms with Gasteiger partial charge in [-0.15, -0.1) is 0 Å². The van der Waals surface area contributed by atoms with Crippen molar-refractivity contribution >= 4 is 17.7 Å². The zero-order chi connectivity index (χ0) is 30.9. The molecule has 2 amide bonds. The largest absolute Gasteiger partial charge is 0.465 e. The van der Waals surface area contributed by atoms with Gasteiger partial charge >= 0.3 is 6.09 Å². The second-order valence-electron chi connectivity index (χ2n) is 12.6. The lowest BCUT2D eigenvalue weighted by atomic mass is 9.86. The Kier molecular flexibility index (Phi) is 8.84. The van der Waals surface area contributed by atoms with E-state index in [1.807, 2.05) is 66.9 Å². The smallest absolute Gasteiger partial charge is 0.407 e. The summed E-state index contributed by atoms with van der Waals surface area (Å²) >= 11 is 0. The zero-order valence-electron chi connectivity index (χ0n) is 26.0. The van der Waals surface area contributed by atoms with Gasteiger partial charge in [-0.3, -0.25) is 14.3 Å². The first kappa shape index (κ1) is 30.9. The summed E-state index contributed by atoms with van der Waals surface area (Å²) in [6.45, 7) is 11.6. The van der Waals surface area contributed by atoms with Crippen molar-refractivity contribution in [1.29, 1.82) is 0 Å². The van der Waals surface area contributed by atoms with E-state index in [4.69, 9.17) is 0 Å². The predicted octanol–water partition coefficient (Wildman–Crippen LogP) is 5.16. The van der Waals surface area contributed by atoms with E-state index in [0.717, 1.165) is 59.3 Å². The lowest BCUT2D eigenvalue weighted by Crippen LogP contribution is -2.53. The molecule has 3 N–H and O–H groups in total. The van der Waals surface area contributed by atoms with Crippen LogP contribution in [0.15, 0.2) is 35.4 Å². The van der Waals surface area contributed by atoms with Gasteiger partial charge < -0.3 is 25.2 Å². The van der Waals surface area contributed by atoms with Crippen molar-refractivity contribution in [2.45, 2.75) is 91.4 Å². The third kappa shape index (κ3) is 6.53. The molecule has 1 aliphatic rings. The molecule has 10 heteroatoms. The summed E-state index contributed by atoms with van der Waals surface area (Å²) in [6, 6.07) is 6.06. The molecule has 1 aromatic carbocycles. The molecular weight excluding hydrogens is 532 g/mol. The number of hydrogen-bond acceptors (Lipinski definition) is 5. The number of aromatic nitrogens is 3. The van der Waals surface area contributed by atoms with E-state index in [9.17, 15) is 19.5 Å². The molecule has 0 atom stereocenters. The number of carbonyl (C=O) groups excluding carboxylic acids is 1. The van der Waals surface area contributed by atoms with Crippen LogP contribution >= 0.6 is 0 Å². The Morgan fingerprint density at radius 3 is 2.26 bits per heavy atom. The molecule has 1 saturated carbocycles. The number of benzene rings is 1. The molecule has 3 aromatic rings. The molecule has 0 spiro atoms. The molecule has 42 heavy (non-hydrogen) atoms. The number of H-pyrrole nitrogens is 1. The van der Waals surface area contributed by atoms with E-state index in [1.54, 1.807) is 15.8 Å². The third-order valence-corrected chi connectivity index (χ3v) is 8.47. The summed E-state index contributed by atoms with van der Waals surface area (Å²) in [7, 11) is 3.91. The summed E-state index contributed by atoms with van der Waals surface area (Å²) in [5, 5.41) is 17.2. The Balaban J connectivity index is 1.62. The van der Waals surface area contributed by atoms with E-state index in [0.29, 0.717) is 11.1 Å². The number of nitrogens with zero attached hydrogens (tertiary/aromatic N) is 4. The minimum Gasteiger partial charge on any atom is -0.465 e. The van der Waals surface area contributed by atoms with Gasteiger partial charge in [0.1, 0.15) is 0 Å². The van der Waals surface area contributed by atoms with Crippen molar-refractivity contribution in [2.75, 3.05) is 11.9 Å². The summed E-state index contributed by atoms with van der Waals surface area (Å²) in [4.78, 5) is 44.9. The number of pyridine rings is 1. The van der Waals surface area contributed by atoms with Crippen molar-refractivity contribution in [3.8, 4) is 11.1 Å². The van der Waals surface area contributed by atoms with Crippen LogP contribution < -0.4 is 15.8 Å². The molecule has 4 rings (SSSR count). The molecule has 2 aromatic heterocycles. The summed E-state index contributed by atoms with van der Waals surface area (Å²) in [5.74, 6) is -0.252. The van der Waals surface area contributed by atoms with Crippen LogP contribution in [0, 0.1) is 20.8 Å². The molecule has 226 valence electrons. The van der Waals surface area contributed by atoms with Crippen LogP contribution in [-0.4, -0.2) is 61.4 Å². The first-order valence-corrected chi connectivity index (χ1v) is 14.5. The number of carbonyl (C=O) groups is 2. The standard InChI is InChI=1S/C32H44N6O4/c1-19-13-20(2)35-30(40)27(19)17-33-29(39)26-14-22(23-16-34-36(7)18-23)15-28(21(26)3)37(8)24-9-11-25(12-10-24)38(31(41)42)32(4,5)6/h13-16,18,24-25H,9-12,17H2,1-8H3,(H,33,39)(H,35,40)(H,41,42). The average Bonchev–Trinajstić information content (AvgIpc) is 3.33. The van der Waals surface area contributed by atoms with Crippen molar-refractivity contribution < 1.29 is 14.7 Å². The maximum absolute atomic E-state index is 13.6. The van der Waals surface area contributed by atoms with Crippen molar-refractivity contribution in [2.24, 2.45) is 7.05 Å². The van der Waals surface area contributed by atoms with E-state index < -0.39 is 11.6 Å². The first-order chi connectivity index (χ1) is 19.7. The summed E-state index contributed by atoms with van der Waals surface area (Å²) in [6.07, 6.45) is 6.06. The Hall–Kier alpha value is -4.08. The van der Waals surface area contributed by atoms with Gasteiger partial charge in [-0.05, 0) is 102 Å². The normalized spacial score (nSPS) is 17.1. The number of rotatable bonds is 7. The van der Waals surface area contributed by atoms with Gasteiger partial charge in [-0.1, -0.05) is 0 Å². The van der Waals surface area contributed by atoms with Crippen LogP contribution in [0.25, 0.3) is 11.1 Å². The molecule has 1 fully saturated rings. The molecule has 1 aliphatic carbocycles. The van der Waals surface area contributed by atoms with E-state index in [1.165, 1.54) is 0 Å². The second kappa shape index (κ2) is 12.0. The van der Waals surface area contributed by atoms with Gasteiger partial charge in [-0.25, -0.2) is 4.79 Å². The summed E-state index contributed by atoms with van der Waals surface area (Å²) < 4.78 is 1.73. The Bertz CT molecular complexity index is 1520. The minimum atomic E-state index is -0.877. The number of carboxylic acid groups (broad SMARTS) is 1. The second-order valence-corrected chi connectivity index (χ2v) is 12.6. The fourth-order valence-corrected chi connectivity index (χ4v) is 6.29. The molecule has 2 heterocycles. The Morgan fingerprint density at radius 1 is 1.07 bits per heavy atom. The zero-order valence-corrected chi connectivity index (χ0v) is 26.0. The monoisotopic (exact) mass is 576 g/mol. The number of anilines is 1. The molecule has 0 bridgehead atoms. The highest BCUT2D eigenvalue weighted by molar-refractivity contribution is 5.98. The summed E-state index contributed by atoms with van der Waals surface area (Å²) in [5.41, 5.74) is 5.60. The average molecular weight is 577 g/mol. The molecule has 10 nitrogen and oxygen atoms in total. The van der Waals surface area contributed by atoms with E-state index >= 15 is 0 Å². The quantitative estimate of drug-likeness (QED) is 0.357. The van der Waals surface area contributed by atoms with Gasteiger partial charge in [0.05, 0.1) is 6.20 Å². The van der Waals surface area contributed by atoms with Crippen molar-refractivity contribution in [3.05, 3.63) is 68.9 Å². The lowest BCUT2D eigenvalue weighted by molar-refractivity contribution is 0.0547. The Morgan fingerprint density at radius 2 is 1.71 bits per heavy atom. The van der Waals surface area contributed by atoms with Crippen LogP contribution in [0.3, 0.4) is 0 Å². The maximum atomic E-state index is 13.6. The maximum Gasteiger partial charge on any atom is 0.407 e. The topological polar surface area (TPSA) is 124 Å². The molecule has 0 radical (unpaired) electrons. The highest BCUT2D eigenvalue weighted by atomic mass is 16.4. The van der Waals surface area contributed by atoms with Crippen LogP contribution in [0.4, 0.5) is 10.5 Å². The van der Waals surface area contributed by atoms with Crippen molar-refractivity contribution in [1.82, 2.24) is 25.0 Å². The van der Waals surface area contributed by atoms with Gasteiger partial charge in [0, 0.05) is 72.5 Å². The minimum absolute atomic E-state index is 0.0234.